The van der Waals surface area contributed by atoms with Crippen molar-refractivity contribution in [2.24, 2.45) is 0 Å². The largest absolute Gasteiger partial charge is 0.454 e. The maximum absolute atomic E-state index is 5.58. The average Bonchev–Trinajstić information content (AvgIpc) is 3.07. The Morgan fingerprint density at radius 2 is 2.20 bits per heavy atom. The SMILES string of the molecule is COC[C@@H]1C[C@@H](OC)CN1Cc1cccc2c1OCO2. The molecule has 20 heavy (non-hydrogen) atoms. The predicted octanol–water partition coefficient (Wildman–Crippen LogP) is 1.65. The molecule has 1 aromatic rings. The van der Waals surface area contributed by atoms with Crippen molar-refractivity contribution in [1.82, 2.24) is 4.90 Å². The minimum Gasteiger partial charge on any atom is -0.454 e. The van der Waals surface area contributed by atoms with Gasteiger partial charge in [0.05, 0.1) is 12.7 Å². The minimum atomic E-state index is 0.282. The first-order valence-electron chi connectivity index (χ1n) is 6.95. The quantitative estimate of drug-likeness (QED) is 0.819. The number of rotatable bonds is 5. The highest BCUT2D eigenvalue weighted by Gasteiger charge is 2.33. The van der Waals surface area contributed by atoms with Gasteiger partial charge in [-0.3, -0.25) is 4.90 Å². The fraction of sp³-hybridized carbons (Fsp3) is 0.600. The van der Waals surface area contributed by atoms with Crippen LogP contribution in [0.5, 0.6) is 11.5 Å². The van der Waals surface area contributed by atoms with Crippen molar-refractivity contribution in [2.75, 3.05) is 34.2 Å². The van der Waals surface area contributed by atoms with Crippen molar-refractivity contribution < 1.29 is 18.9 Å². The van der Waals surface area contributed by atoms with Crippen molar-refractivity contribution in [3.8, 4) is 11.5 Å². The van der Waals surface area contributed by atoms with E-state index >= 15 is 0 Å². The molecule has 1 aromatic carbocycles. The van der Waals surface area contributed by atoms with Crippen molar-refractivity contribution in [1.29, 1.82) is 0 Å². The molecule has 5 heteroatoms. The average molecular weight is 279 g/mol. The second-order valence-corrected chi connectivity index (χ2v) is 5.28. The number of likely N-dealkylation sites (tertiary alicyclic amines) is 1. The van der Waals surface area contributed by atoms with Gasteiger partial charge in [-0.05, 0) is 12.5 Å². The number of nitrogens with zero attached hydrogens (tertiary/aromatic N) is 1. The Morgan fingerprint density at radius 3 is 3.00 bits per heavy atom. The number of benzene rings is 1. The lowest BCUT2D eigenvalue weighted by molar-refractivity contribution is 0.105. The second kappa shape index (κ2) is 5.99. The van der Waals surface area contributed by atoms with Crippen LogP contribution in [0.3, 0.4) is 0 Å². The van der Waals surface area contributed by atoms with Gasteiger partial charge in [-0.15, -0.1) is 0 Å². The molecule has 0 N–H and O–H groups in total. The summed E-state index contributed by atoms with van der Waals surface area (Å²) < 4.78 is 21.8. The maximum Gasteiger partial charge on any atom is 0.231 e. The van der Waals surface area contributed by atoms with Gasteiger partial charge in [-0.1, -0.05) is 12.1 Å². The highest BCUT2D eigenvalue weighted by Crippen LogP contribution is 2.37. The second-order valence-electron chi connectivity index (χ2n) is 5.28. The van der Waals surface area contributed by atoms with Gasteiger partial charge in [0.25, 0.3) is 0 Å². The molecule has 2 heterocycles. The lowest BCUT2D eigenvalue weighted by Crippen LogP contribution is -2.32. The van der Waals surface area contributed by atoms with Crippen molar-refractivity contribution in [2.45, 2.75) is 25.1 Å². The lowest BCUT2D eigenvalue weighted by atomic mass is 10.1. The monoisotopic (exact) mass is 279 g/mol. The van der Waals surface area contributed by atoms with E-state index in [0.29, 0.717) is 12.8 Å². The van der Waals surface area contributed by atoms with Gasteiger partial charge in [-0.2, -0.15) is 0 Å². The summed E-state index contributed by atoms with van der Waals surface area (Å²) in [6.07, 6.45) is 1.29. The van der Waals surface area contributed by atoms with E-state index in [1.54, 1.807) is 14.2 Å². The molecule has 0 aromatic heterocycles. The van der Waals surface area contributed by atoms with Crippen LogP contribution < -0.4 is 9.47 Å². The number of ether oxygens (including phenoxy) is 4. The van der Waals surface area contributed by atoms with E-state index in [2.05, 4.69) is 11.0 Å². The molecule has 2 atom stereocenters. The summed E-state index contributed by atoms with van der Waals surface area (Å²) in [4.78, 5) is 2.40. The molecule has 1 fully saturated rings. The number of hydrogen-bond acceptors (Lipinski definition) is 5. The number of fused-ring (bicyclic) bond motifs is 1. The molecule has 2 aliphatic rings. The fourth-order valence-electron chi connectivity index (χ4n) is 3.00. The molecule has 110 valence electrons. The van der Waals surface area contributed by atoms with Gasteiger partial charge < -0.3 is 18.9 Å². The molecular formula is C15H21NO4. The molecule has 0 bridgehead atoms. The van der Waals surface area contributed by atoms with Gasteiger partial charge in [0.2, 0.25) is 6.79 Å². The molecule has 0 saturated carbocycles. The van der Waals surface area contributed by atoms with E-state index in [1.807, 2.05) is 12.1 Å². The van der Waals surface area contributed by atoms with Crippen LogP contribution >= 0.6 is 0 Å². The summed E-state index contributed by atoms with van der Waals surface area (Å²) >= 11 is 0. The van der Waals surface area contributed by atoms with E-state index in [-0.39, 0.29) is 6.10 Å². The van der Waals surface area contributed by atoms with Crippen molar-refractivity contribution in [3.63, 3.8) is 0 Å². The molecular weight excluding hydrogens is 258 g/mol. The summed E-state index contributed by atoms with van der Waals surface area (Å²) in [6.45, 7) is 2.80. The zero-order valence-corrected chi connectivity index (χ0v) is 12.0. The summed E-state index contributed by atoms with van der Waals surface area (Å²) in [6, 6.07) is 6.44. The zero-order chi connectivity index (χ0) is 13.9. The third-order valence-electron chi connectivity index (χ3n) is 4.03. The van der Waals surface area contributed by atoms with Crippen LogP contribution in [0.1, 0.15) is 12.0 Å². The van der Waals surface area contributed by atoms with E-state index in [4.69, 9.17) is 18.9 Å². The van der Waals surface area contributed by atoms with Crippen molar-refractivity contribution >= 4 is 0 Å². The lowest BCUT2D eigenvalue weighted by Gasteiger charge is -2.23. The Morgan fingerprint density at radius 1 is 1.30 bits per heavy atom. The summed E-state index contributed by atoms with van der Waals surface area (Å²) in [5, 5.41) is 0. The van der Waals surface area contributed by atoms with Gasteiger partial charge in [0.15, 0.2) is 11.5 Å². The number of hydrogen-bond donors (Lipinski definition) is 0. The molecule has 3 rings (SSSR count). The van der Waals surface area contributed by atoms with E-state index in [1.165, 1.54) is 0 Å². The first-order valence-corrected chi connectivity index (χ1v) is 6.95. The van der Waals surface area contributed by atoms with Crippen LogP contribution in [0.25, 0.3) is 0 Å². The summed E-state index contributed by atoms with van der Waals surface area (Å²) in [5.41, 5.74) is 1.16. The Hall–Kier alpha value is -1.30. The van der Waals surface area contributed by atoms with Gasteiger partial charge >= 0.3 is 0 Å². The Labute approximate surface area is 119 Å². The highest BCUT2D eigenvalue weighted by atomic mass is 16.7. The molecule has 1 saturated heterocycles. The molecule has 0 radical (unpaired) electrons. The molecule has 5 nitrogen and oxygen atoms in total. The summed E-state index contributed by atoms with van der Waals surface area (Å²) in [7, 11) is 3.52. The van der Waals surface area contributed by atoms with Gasteiger partial charge in [0, 0.05) is 38.9 Å². The van der Waals surface area contributed by atoms with Crippen LogP contribution in [-0.2, 0) is 16.0 Å². The molecule has 0 amide bonds. The first-order chi connectivity index (χ1) is 9.81. The summed E-state index contributed by atoms with van der Waals surface area (Å²) in [5.74, 6) is 1.72. The molecule has 0 spiro atoms. The Bertz CT molecular complexity index is 465. The van der Waals surface area contributed by atoms with Crippen LogP contribution in [0.15, 0.2) is 18.2 Å². The van der Waals surface area contributed by atoms with E-state index < -0.39 is 0 Å². The maximum atomic E-state index is 5.58. The first kappa shape index (κ1) is 13.7. The molecule has 0 unspecified atom stereocenters. The van der Waals surface area contributed by atoms with Gasteiger partial charge in [0.1, 0.15) is 0 Å². The Balaban J connectivity index is 1.74. The van der Waals surface area contributed by atoms with Crippen LogP contribution in [0.2, 0.25) is 0 Å². The number of methoxy groups -OCH3 is 2. The predicted molar refractivity (Wildman–Crippen MR) is 74.1 cm³/mol. The standard InChI is InChI=1S/C15H21NO4/c1-17-9-12-6-13(18-2)8-16(12)7-11-4-3-5-14-15(11)20-10-19-14/h3-5,12-13H,6-10H2,1-2H3/t12-,13+/m0/s1. The Kier molecular flexibility index (Phi) is 4.10. The van der Waals surface area contributed by atoms with Crippen LogP contribution in [0, 0.1) is 0 Å². The smallest absolute Gasteiger partial charge is 0.231 e. The zero-order valence-electron chi connectivity index (χ0n) is 12.0. The van der Waals surface area contributed by atoms with E-state index in [9.17, 15) is 0 Å². The third kappa shape index (κ3) is 2.61. The molecule has 0 aliphatic carbocycles. The normalized spacial score (nSPS) is 25.3. The molecule has 2 aliphatic heterocycles. The third-order valence-corrected chi connectivity index (χ3v) is 4.03. The fourth-order valence-corrected chi connectivity index (χ4v) is 3.00. The van der Waals surface area contributed by atoms with E-state index in [0.717, 1.165) is 43.2 Å². The van der Waals surface area contributed by atoms with Crippen LogP contribution in [-0.4, -0.2) is 51.2 Å². The van der Waals surface area contributed by atoms with Crippen LogP contribution in [0.4, 0.5) is 0 Å². The number of para-hydroxylation sites is 1. The van der Waals surface area contributed by atoms with Crippen molar-refractivity contribution in [3.05, 3.63) is 23.8 Å². The van der Waals surface area contributed by atoms with Gasteiger partial charge in [-0.25, -0.2) is 0 Å². The minimum absolute atomic E-state index is 0.282. The topological polar surface area (TPSA) is 40.2 Å². The highest BCUT2D eigenvalue weighted by molar-refractivity contribution is 5.48.